The number of hydrogen-bond donors (Lipinski definition) is 2. The predicted molar refractivity (Wildman–Crippen MR) is 77.1 cm³/mol. The lowest BCUT2D eigenvalue weighted by molar-refractivity contribution is -0.112. The van der Waals surface area contributed by atoms with Gasteiger partial charge in [0.2, 0.25) is 0 Å². The molecule has 2 amide bonds. The SMILES string of the molecule is C=C(C)C(=O)Nc1cccc(C(=O)NCC(C)C)c1. The number of nitrogens with one attached hydrogen (secondary N) is 2. The Hall–Kier alpha value is -2.10. The highest BCUT2D eigenvalue weighted by atomic mass is 16.2. The summed E-state index contributed by atoms with van der Waals surface area (Å²) in [5.41, 5.74) is 1.54. The van der Waals surface area contributed by atoms with E-state index in [1.165, 1.54) is 0 Å². The molecule has 0 saturated heterocycles. The summed E-state index contributed by atoms with van der Waals surface area (Å²) in [6.07, 6.45) is 0. The van der Waals surface area contributed by atoms with E-state index in [1.807, 2.05) is 13.8 Å². The number of hydrogen-bond acceptors (Lipinski definition) is 2. The molecule has 4 heteroatoms. The summed E-state index contributed by atoms with van der Waals surface area (Å²) in [6, 6.07) is 6.83. The number of benzene rings is 1. The van der Waals surface area contributed by atoms with Gasteiger partial charge in [-0.3, -0.25) is 9.59 Å². The number of carbonyl (C=O) groups is 2. The minimum atomic E-state index is -0.250. The van der Waals surface area contributed by atoms with Gasteiger partial charge in [0.1, 0.15) is 0 Å². The Labute approximate surface area is 113 Å². The van der Waals surface area contributed by atoms with Crippen LogP contribution in [0, 0.1) is 5.92 Å². The van der Waals surface area contributed by atoms with Crippen molar-refractivity contribution < 1.29 is 9.59 Å². The van der Waals surface area contributed by atoms with Crippen molar-refractivity contribution in [3.05, 3.63) is 42.0 Å². The van der Waals surface area contributed by atoms with Gasteiger partial charge in [-0.25, -0.2) is 0 Å². The number of anilines is 1. The number of amides is 2. The van der Waals surface area contributed by atoms with Crippen molar-refractivity contribution >= 4 is 17.5 Å². The molecule has 1 aromatic carbocycles. The molecule has 0 saturated carbocycles. The average Bonchev–Trinajstić information content (AvgIpc) is 2.36. The van der Waals surface area contributed by atoms with Crippen LogP contribution >= 0.6 is 0 Å². The second-order valence-electron chi connectivity index (χ2n) is 4.92. The van der Waals surface area contributed by atoms with Crippen LogP contribution in [-0.4, -0.2) is 18.4 Å². The fourth-order valence-corrected chi connectivity index (χ4v) is 1.37. The molecule has 0 heterocycles. The topological polar surface area (TPSA) is 58.2 Å². The molecule has 0 bridgehead atoms. The van der Waals surface area contributed by atoms with Gasteiger partial charge in [-0.1, -0.05) is 26.5 Å². The predicted octanol–water partition coefficient (Wildman–Crippen LogP) is 2.59. The lowest BCUT2D eigenvalue weighted by atomic mass is 10.1. The van der Waals surface area contributed by atoms with Crippen LogP contribution in [0.25, 0.3) is 0 Å². The molecule has 19 heavy (non-hydrogen) atoms. The van der Waals surface area contributed by atoms with Gasteiger partial charge in [-0.15, -0.1) is 0 Å². The average molecular weight is 260 g/mol. The summed E-state index contributed by atoms with van der Waals surface area (Å²) in [6.45, 7) is 9.89. The van der Waals surface area contributed by atoms with Gasteiger partial charge in [0.25, 0.3) is 11.8 Å². The monoisotopic (exact) mass is 260 g/mol. The van der Waals surface area contributed by atoms with E-state index >= 15 is 0 Å². The van der Waals surface area contributed by atoms with E-state index in [4.69, 9.17) is 0 Å². The zero-order valence-corrected chi connectivity index (χ0v) is 11.6. The molecule has 1 rings (SSSR count). The molecule has 0 radical (unpaired) electrons. The summed E-state index contributed by atoms with van der Waals surface area (Å²) >= 11 is 0. The van der Waals surface area contributed by atoms with Gasteiger partial charge in [-0.05, 0) is 31.0 Å². The maximum Gasteiger partial charge on any atom is 0.251 e. The van der Waals surface area contributed by atoms with Gasteiger partial charge in [0.05, 0.1) is 0 Å². The minimum Gasteiger partial charge on any atom is -0.352 e. The Kier molecular flexibility index (Phi) is 5.30. The highest BCUT2D eigenvalue weighted by molar-refractivity contribution is 6.03. The smallest absolute Gasteiger partial charge is 0.251 e. The molecule has 0 spiro atoms. The quantitative estimate of drug-likeness (QED) is 0.799. The summed E-state index contributed by atoms with van der Waals surface area (Å²) in [5.74, 6) is 0.00936. The molecule has 4 nitrogen and oxygen atoms in total. The maximum absolute atomic E-state index is 11.9. The summed E-state index contributed by atoms with van der Waals surface area (Å²) in [4.78, 5) is 23.4. The van der Waals surface area contributed by atoms with Crippen molar-refractivity contribution in [1.29, 1.82) is 0 Å². The van der Waals surface area contributed by atoms with E-state index in [1.54, 1.807) is 31.2 Å². The van der Waals surface area contributed by atoms with Crippen LogP contribution in [0.15, 0.2) is 36.4 Å². The van der Waals surface area contributed by atoms with Crippen molar-refractivity contribution in [1.82, 2.24) is 5.32 Å². The minimum absolute atomic E-state index is 0.139. The molecular formula is C15H20N2O2. The van der Waals surface area contributed by atoms with Gasteiger partial charge in [0.15, 0.2) is 0 Å². The summed E-state index contributed by atoms with van der Waals surface area (Å²) < 4.78 is 0. The standard InChI is InChI=1S/C15H20N2O2/c1-10(2)9-16-15(19)12-6-5-7-13(8-12)17-14(18)11(3)4/h5-8,10H,3,9H2,1-2,4H3,(H,16,19)(H,17,18). The molecule has 0 fully saturated rings. The first-order chi connectivity index (χ1) is 8.90. The Morgan fingerprint density at radius 1 is 1.32 bits per heavy atom. The highest BCUT2D eigenvalue weighted by Crippen LogP contribution is 2.11. The van der Waals surface area contributed by atoms with Crippen LogP contribution in [0.3, 0.4) is 0 Å². The molecule has 0 atom stereocenters. The van der Waals surface area contributed by atoms with E-state index in [0.29, 0.717) is 29.3 Å². The van der Waals surface area contributed by atoms with Crippen molar-refractivity contribution in [3.63, 3.8) is 0 Å². The Morgan fingerprint density at radius 2 is 2.00 bits per heavy atom. The third-order valence-electron chi connectivity index (χ3n) is 2.44. The fraction of sp³-hybridized carbons (Fsp3) is 0.333. The molecule has 102 valence electrons. The molecule has 2 N–H and O–H groups in total. The molecule has 0 unspecified atom stereocenters. The molecular weight excluding hydrogens is 240 g/mol. The van der Waals surface area contributed by atoms with E-state index in [-0.39, 0.29) is 11.8 Å². The van der Waals surface area contributed by atoms with Gasteiger partial charge < -0.3 is 10.6 Å². The van der Waals surface area contributed by atoms with Crippen LogP contribution in [0.5, 0.6) is 0 Å². The van der Waals surface area contributed by atoms with Crippen LogP contribution in [-0.2, 0) is 4.79 Å². The zero-order valence-electron chi connectivity index (χ0n) is 11.6. The Bertz CT molecular complexity index is 493. The Balaban J connectivity index is 2.74. The van der Waals surface area contributed by atoms with Crippen molar-refractivity contribution in [2.75, 3.05) is 11.9 Å². The van der Waals surface area contributed by atoms with Crippen LogP contribution < -0.4 is 10.6 Å². The Morgan fingerprint density at radius 3 is 2.58 bits per heavy atom. The second-order valence-corrected chi connectivity index (χ2v) is 4.92. The first-order valence-corrected chi connectivity index (χ1v) is 6.25. The molecule has 1 aromatic rings. The largest absolute Gasteiger partial charge is 0.352 e. The molecule has 0 aliphatic carbocycles. The van der Waals surface area contributed by atoms with E-state index < -0.39 is 0 Å². The molecule has 0 aromatic heterocycles. The lowest BCUT2D eigenvalue weighted by Gasteiger charge is -2.09. The van der Waals surface area contributed by atoms with Crippen LogP contribution in [0.2, 0.25) is 0 Å². The van der Waals surface area contributed by atoms with Crippen LogP contribution in [0.4, 0.5) is 5.69 Å². The first kappa shape index (κ1) is 15.0. The maximum atomic E-state index is 11.9. The highest BCUT2D eigenvalue weighted by Gasteiger charge is 2.08. The van der Waals surface area contributed by atoms with Gasteiger partial charge in [0, 0.05) is 23.4 Å². The fourth-order valence-electron chi connectivity index (χ4n) is 1.37. The second kappa shape index (κ2) is 6.73. The van der Waals surface area contributed by atoms with E-state index in [9.17, 15) is 9.59 Å². The normalized spacial score (nSPS) is 10.1. The molecule has 0 aliphatic rings. The van der Waals surface area contributed by atoms with Gasteiger partial charge in [-0.2, -0.15) is 0 Å². The lowest BCUT2D eigenvalue weighted by Crippen LogP contribution is -2.27. The summed E-state index contributed by atoms with van der Waals surface area (Å²) in [7, 11) is 0. The number of carbonyl (C=O) groups excluding carboxylic acids is 2. The summed E-state index contributed by atoms with van der Waals surface area (Å²) in [5, 5.41) is 5.52. The van der Waals surface area contributed by atoms with E-state index in [0.717, 1.165) is 0 Å². The third-order valence-corrected chi connectivity index (χ3v) is 2.44. The van der Waals surface area contributed by atoms with Gasteiger partial charge >= 0.3 is 0 Å². The zero-order chi connectivity index (χ0) is 14.4. The van der Waals surface area contributed by atoms with Crippen LogP contribution in [0.1, 0.15) is 31.1 Å². The first-order valence-electron chi connectivity index (χ1n) is 6.25. The molecule has 0 aliphatic heterocycles. The van der Waals surface area contributed by atoms with E-state index in [2.05, 4.69) is 17.2 Å². The van der Waals surface area contributed by atoms with Crippen molar-refractivity contribution in [2.45, 2.75) is 20.8 Å². The number of rotatable bonds is 5. The van der Waals surface area contributed by atoms with Crippen molar-refractivity contribution in [2.24, 2.45) is 5.92 Å². The van der Waals surface area contributed by atoms with Crippen molar-refractivity contribution in [3.8, 4) is 0 Å². The third kappa shape index (κ3) is 4.95.